The smallest absolute Gasteiger partial charge is 0.263 e. The number of carbonyl (C=O) groups is 1. The van der Waals surface area contributed by atoms with E-state index in [4.69, 9.17) is 4.98 Å². The molecule has 1 aliphatic rings. The Morgan fingerprint density at radius 2 is 2.17 bits per heavy atom. The summed E-state index contributed by atoms with van der Waals surface area (Å²) in [6.45, 7) is 4.69. The maximum Gasteiger partial charge on any atom is 0.263 e. The minimum absolute atomic E-state index is 0.0592. The van der Waals surface area contributed by atoms with Gasteiger partial charge in [-0.25, -0.2) is 9.97 Å². The standard InChI is InChI=1S/C20H24N4O2S3/c1-3-4-5-9-24-18(26)16-13-7-6-8-14(13)29-17(16)23-20(24)28-11-15(25)22-19-21-12(2)10-27-19/h10H,3-9,11H2,1-2H3,(H,21,22,25). The molecule has 0 aliphatic heterocycles. The van der Waals surface area contributed by atoms with Gasteiger partial charge in [0, 0.05) is 16.8 Å². The predicted octanol–water partition coefficient (Wildman–Crippen LogP) is 4.63. The number of anilines is 1. The molecule has 1 amide bonds. The molecule has 0 saturated heterocycles. The van der Waals surface area contributed by atoms with Gasteiger partial charge in [0.1, 0.15) is 4.83 Å². The third-order valence-electron chi connectivity index (χ3n) is 4.97. The van der Waals surface area contributed by atoms with Gasteiger partial charge in [0.25, 0.3) is 5.56 Å². The molecule has 0 radical (unpaired) electrons. The average molecular weight is 449 g/mol. The van der Waals surface area contributed by atoms with Crippen molar-refractivity contribution >= 4 is 55.7 Å². The summed E-state index contributed by atoms with van der Waals surface area (Å²) in [5, 5.41) is 6.78. The molecule has 29 heavy (non-hydrogen) atoms. The zero-order chi connectivity index (χ0) is 20.4. The van der Waals surface area contributed by atoms with Gasteiger partial charge in [0.2, 0.25) is 5.91 Å². The fraction of sp³-hybridized carbons (Fsp3) is 0.500. The maximum absolute atomic E-state index is 13.3. The Balaban J connectivity index is 1.58. The molecule has 1 aliphatic carbocycles. The highest BCUT2D eigenvalue weighted by Crippen LogP contribution is 2.35. The maximum atomic E-state index is 13.3. The van der Waals surface area contributed by atoms with Crippen LogP contribution in [0.2, 0.25) is 0 Å². The normalized spacial score (nSPS) is 13.2. The second kappa shape index (κ2) is 8.97. The number of nitrogens with zero attached hydrogens (tertiary/aromatic N) is 3. The van der Waals surface area contributed by atoms with Crippen LogP contribution in [0.5, 0.6) is 0 Å². The molecule has 0 aromatic carbocycles. The number of thiophene rings is 1. The van der Waals surface area contributed by atoms with Crippen LogP contribution in [0.25, 0.3) is 10.2 Å². The van der Waals surface area contributed by atoms with Crippen molar-refractivity contribution in [3.05, 3.63) is 31.9 Å². The average Bonchev–Trinajstić information content (AvgIpc) is 3.38. The van der Waals surface area contributed by atoms with Crippen LogP contribution in [0, 0.1) is 6.92 Å². The monoisotopic (exact) mass is 448 g/mol. The molecule has 4 rings (SSSR count). The van der Waals surface area contributed by atoms with Crippen molar-refractivity contribution < 1.29 is 4.79 Å². The Hall–Kier alpha value is -1.71. The Morgan fingerprint density at radius 3 is 2.93 bits per heavy atom. The summed E-state index contributed by atoms with van der Waals surface area (Å²) in [5.74, 6) is 0.0718. The number of thiazole rings is 1. The molecule has 0 spiro atoms. The van der Waals surface area contributed by atoms with Crippen LogP contribution in [-0.4, -0.2) is 26.2 Å². The van der Waals surface area contributed by atoms with Crippen molar-refractivity contribution in [3.63, 3.8) is 0 Å². The number of hydrogen-bond donors (Lipinski definition) is 1. The number of aryl methyl sites for hydroxylation is 3. The third-order valence-corrected chi connectivity index (χ3v) is 8.01. The van der Waals surface area contributed by atoms with Gasteiger partial charge in [-0.2, -0.15) is 0 Å². The minimum atomic E-state index is -0.132. The molecule has 0 atom stereocenters. The van der Waals surface area contributed by atoms with Crippen molar-refractivity contribution in [1.29, 1.82) is 0 Å². The van der Waals surface area contributed by atoms with Crippen LogP contribution in [0.1, 0.15) is 48.7 Å². The van der Waals surface area contributed by atoms with Gasteiger partial charge in [0.15, 0.2) is 10.3 Å². The molecule has 3 heterocycles. The van der Waals surface area contributed by atoms with Gasteiger partial charge in [-0.15, -0.1) is 22.7 Å². The van der Waals surface area contributed by atoms with E-state index in [1.165, 1.54) is 33.5 Å². The lowest BCUT2D eigenvalue weighted by Crippen LogP contribution is -2.24. The molecule has 3 aromatic heterocycles. The largest absolute Gasteiger partial charge is 0.301 e. The zero-order valence-electron chi connectivity index (χ0n) is 16.6. The summed E-state index contributed by atoms with van der Waals surface area (Å²) in [7, 11) is 0. The Labute approximate surface area is 181 Å². The van der Waals surface area contributed by atoms with E-state index in [0.717, 1.165) is 54.4 Å². The number of thioether (sulfide) groups is 1. The van der Waals surface area contributed by atoms with Gasteiger partial charge in [-0.3, -0.25) is 14.2 Å². The molecule has 0 unspecified atom stereocenters. The van der Waals surface area contributed by atoms with Crippen molar-refractivity contribution in [1.82, 2.24) is 14.5 Å². The Morgan fingerprint density at radius 1 is 1.31 bits per heavy atom. The van der Waals surface area contributed by atoms with E-state index in [0.29, 0.717) is 16.8 Å². The van der Waals surface area contributed by atoms with E-state index >= 15 is 0 Å². The molecule has 154 valence electrons. The summed E-state index contributed by atoms with van der Waals surface area (Å²) < 4.78 is 1.79. The molecular weight excluding hydrogens is 424 g/mol. The summed E-state index contributed by atoms with van der Waals surface area (Å²) in [6, 6.07) is 0. The topological polar surface area (TPSA) is 76.9 Å². The molecule has 3 aromatic rings. The lowest BCUT2D eigenvalue weighted by atomic mass is 10.2. The molecule has 9 heteroatoms. The Kier molecular flexibility index (Phi) is 6.36. The number of amides is 1. The van der Waals surface area contributed by atoms with E-state index in [1.807, 2.05) is 12.3 Å². The van der Waals surface area contributed by atoms with E-state index in [-0.39, 0.29) is 17.2 Å². The zero-order valence-corrected chi connectivity index (χ0v) is 19.1. The quantitative estimate of drug-likeness (QED) is 0.309. The van der Waals surface area contributed by atoms with E-state index < -0.39 is 0 Å². The number of nitrogens with one attached hydrogen (secondary N) is 1. The number of fused-ring (bicyclic) bond motifs is 3. The first kappa shape index (κ1) is 20.6. The molecular formula is C20H24N4O2S3. The van der Waals surface area contributed by atoms with Crippen LogP contribution in [0.3, 0.4) is 0 Å². The third kappa shape index (κ3) is 4.41. The van der Waals surface area contributed by atoms with Gasteiger partial charge >= 0.3 is 0 Å². The highest BCUT2D eigenvalue weighted by atomic mass is 32.2. The van der Waals surface area contributed by atoms with Crippen molar-refractivity contribution in [2.24, 2.45) is 0 Å². The first-order valence-electron chi connectivity index (χ1n) is 9.96. The highest BCUT2D eigenvalue weighted by Gasteiger charge is 2.23. The van der Waals surface area contributed by atoms with Gasteiger partial charge in [0.05, 0.1) is 16.8 Å². The SMILES string of the molecule is CCCCCn1c(SCC(=O)Nc2nc(C)cs2)nc2sc3c(c2c1=O)CCC3. The van der Waals surface area contributed by atoms with Crippen molar-refractivity contribution in [2.45, 2.75) is 64.1 Å². The minimum Gasteiger partial charge on any atom is -0.301 e. The molecule has 0 fully saturated rings. The molecule has 1 N–H and O–H groups in total. The van der Waals surface area contributed by atoms with Gasteiger partial charge < -0.3 is 5.32 Å². The molecule has 0 saturated carbocycles. The van der Waals surface area contributed by atoms with Crippen molar-refractivity contribution in [2.75, 3.05) is 11.1 Å². The fourth-order valence-electron chi connectivity index (χ4n) is 3.58. The van der Waals surface area contributed by atoms with Crippen LogP contribution in [0.15, 0.2) is 15.3 Å². The lowest BCUT2D eigenvalue weighted by Gasteiger charge is -2.12. The van der Waals surface area contributed by atoms with Crippen LogP contribution < -0.4 is 10.9 Å². The summed E-state index contributed by atoms with van der Waals surface area (Å²) in [4.78, 5) is 36.9. The van der Waals surface area contributed by atoms with Crippen molar-refractivity contribution in [3.8, 4) is 0 Å². The number of carbonyl (C=O) groups excluding carboxylic acids is 1. The highest BCUT2D eigenvalue weighted by molar-refractivity contribution is 7.99. The number of hydrogen-bond acceptors (Lipinski definition) is 7. The summed E-state index contributed by atoms with van der Waals surface area (Å²) in [5.41, 5.74) is 2.16. The van der Waals surface area contributed by atoms with Crippen LogP contribution in [0.4, 0.5) is 5.13 Å². The number of rotatable bonds is 8. The first-order valence-corrected chi connectivity index (χ1v) is 12.6. The molecule has 0 bridgehead atoms. The van der Waals surface area contributed by atoms with Crippen LogP contribution in [-0.2, 0) is 24.2 Å². The Bertz CT molecular complexity index is 1100. The first-order chi connectivity index (χ1) is 14.1. The lowest BCUT2D eigenvalue weighted by molar-refractivity contribution is -0.113. The van der Waals surface area contributed by atoms with E-state index in [2.05, 4.69) is 17.2 Å². The number of unbranched alkanes of at least 4 members (excludes halogenated alkanes) is 2. The second-order valence-electron chi connectivity index (χ2n) is 7.23. The van der Waals surface area contributed by atoms with Crippen LogP contribution >= 0.6 is 34.4 Å². The van der Waals surface area contributed by atoms with E-state index in [9.17, 15) is 9.59 Å². The van der Waals surface area contributed by atoms with E-state index in [1.54, 1.807) is 15.9 Å². The summed E-state index contributed by atoms with van der Waals surface area (Å²) >= 11 is 4.39. The summed E-state index contributed by atoms with van der Waals surface area (Å²) in [6.07, 6.45) is 6.25. The predicted molar refractivity (Wildman–Crippen MR) is 122 cm³/mol. The van der Waals surface area contributed by atoms with Gasteiger partial charge in [-0.1, -0.05) is 31.5 Å². The molecule has 6 nitrogen and oxygen atoms in total. The van der Waals surface area contributed by atoms with Gasteiger partial charge in [-0.05, 0) is 38.2 Å². The second-order valence-corrected chi connectivity index (χ2v) is 10.1. The fourth-order valence-corrected chi connectivity index (χ4v) is 6.41. The number of aromatic nitrogens is 3.